The molecule has 4 heteroatoms. The van der Waals surface area contributed by atoms with Crippen LogP contribution in [0.15, 0.2) is 0 Å². The van der Waals surface area contributed by atoms with Crippen LogP contribution in [0.4, 0.5) is 0 Å². The minimum Gasteiger partial charge on any atom is -0.379 e. The van der Waals surface area contributed by atoms with Crippen molar-refractivity contribution in [2.24, 2.45) is 11.7 Å². The zero-order valence-corrected chi connectivity index (χ0v) is 9.50. The summed E-state index contributed by atoms with van der Waals surface area (Å²) in [6, 6.07) is 0.204. The third-order valence-electron chi connectivity index (χ3n) is 3.45. The van der Waals surface area contributed by atoms with Crippen molar-refractivity contribution in [3.05, 3.63) is 0 Å². The van der Waals surface area contributed by atoms with Gasteiger partial charge in [-0.3, -0.25) is 0 Å². The van der Waals surface area contributed by atoms with Crippen LogP contribution in [-0.2, 0) is 9.47 Å². The number of nitrogens with one attached hydrogen (secondary N) is 1. The summed E-state index contributed by atoms with van der Waals surface area (Å²) in [6.07, 6.45) is 2.34. The average Bonchev–Trinajstić information content (AvgIpc) is 2.78. The monoisotopic (exact) mass is 214 g/mol. The van der Waals surface area contributed by atoms with Gasteiger partial charge in [0, 0.05) is 31.7 Å². The Balaban J connectivity index is 1.65. The maximum Gasteiger partial charge on any atom is 0.0779 e. The molecule has 2 fully saturated rings. The minimum atomic E-state index is 0.0452. The van der Waals surface area contributed by atoms with Gasteiger partial charge in [-0.05, 0) is 19.8 Å². The molecule has 2 heterocycles. The first-order valence-electron chi connectivity index (χ1n) is 5.88. The Morgan fingerprint density at radius 1 is 1.47 bits per heavy atom. The van der Waals surface area contributed by atoms with Crippen molar-refractivity contribution in [2.45, 2.75) is 31.4 Å². The van der Waals surface area contributed by atoms with E-state index in [1.165, 1.54) is 6.42 Å². The van der Waals surface area contributed by atoms with Crippen LogP contribution >= 0.6 is 0 Å². The number of ether oxygens (including phenoxy) is 2. The molecule has 0 aliphatic carbocycles. The van der Waals surface area contributed by atoms with Crippen molar-refractivity contribution in [3.63, 3.8) is 0 Å². The van der Waals surface area contributed by atoms with Crippen molar-refractivity contribution < 1.29 is 9.47 Å². The summed E-state index contributed by atoms with van der Waals surface area (Å²) in [5, 5.41) is 3.46. The van der Waals surface area contributed by atoms with Gasteiger partial charge in [0.15, 0.2) is 0 Å². The average molecular weight is 214 g/mol. The largest absolute Gasteiger partial charge is 0.379 e. The Kier molecular flexibility index (Phi) is 3.61. The summed E-state index contributed by atoms with van der Waals surface area (Å²) in [4.78, 5) is 0. The molecule has 2 rings (SSSR count). The standard InChI is InChI=1S/C11H22N2O2/c1-11(3-2-4-15-11)8-13-5-9-6-14-7-10(9)12/h9-10,13H,2-8,12H2,1H3. The Morgan fingerprint density at radius 2 is 2.33 bits per heavy atom. The lowest BCUT2D eigenvalue weighted by molar-refractivity contribution is 0.0201. The molecule has 2 saturated heterocycles. The summed E-state index contributed by atoms with van der Waals surface area (Å²) in [7, 11) is 0. The van der Waals surface area contributed by atoms with Gasteiger partial charge in [0.2, 0.25) is 0 Å². The molecule has 0 saturated carbocycles. The molecule has 2 aliphatic rings. The Morgan fingerprint density at radius 3 is 2.93 bits per heavy atom. The van der Waals surface area contributed by atoms with Crippen LogP contribution in [0.3, 0.4) is 0 Å². The van der Waals surface area contributed by atoms with Crippen LogP contribution in [0.2, 0.25) is 0 Å². The van der Waals surface area contributed by atoms with Crippen LogP contribution in [-0.4, -0.2) is 44.6 Å². The predicted octanol–water partition coefficient (Wildman–Crippen LogP) is 0.119. The normalized spacial score (nSPS) is 41.2. The van der Waals surface area contributed by atoms with Gasteiger partial charge < -0.3 is 20.5 Å². The topological polar surface area (TPSA) is 56.5 Å². The first kappa shape index (κ1) is 11.3. The van der Waals surface area contributed by atoms with Gasteiger partial charge in [0.05, 0.1) is 18.8 Å². The van der Waals surface area contributed by atoms with Crippen molar-refractivity contribution in [2.75, 3.05) is 32.9 Å². The molecule has 3 N–H and O–H groups in total. The van der Waals surface area contributed by atoms with Gasteiger partial charge in [0.1, 0.15) is 0 Å². The molecule has 0 radical (unpaired) electrons. The van der Waals surface area contributed by atoms with E-state index in [1.54, 1.807) is 0 Å². The van der Waals surface area contributed by atoms with E-state index in [9.17, 15) is 0 Å². The number of hydrogen-bond acceptors (Lipinski definition) is 4. The molecule has 3 atom stereocenters. The lowest BCUT2D eigenvalue weighted by atomic mass is 10.0. The molecule has 88 valence electrons. The smallest absolute Gasteiger partial charge is 0.0779 e. The molecule has 4 nitrogen and oxygen atoms in total. The lowest BCUT2D eigenvalue weighted by Crippen LogP contribution is -2.42. The van der Waals surface area contributed by atoms with Crippen molar-refractivity contribution in [1.82, 2.24) is 5.32 Å². The highest BCUT2D eigenvalue weighted by atomic mass is 16.5. The van der Waals surface area contributed by atoms with E-state index in [2.05, 4.69) is 12.2 Å². The maximum absolute atomic E-state index is 5.91. The second-order valence-corrected chi connectivity index (χ2v) is 4.99. The molecule has 15 heavy (non-hydrogen) atoms. The van der Waals surface area contributed by atoms with Crippen molar-refractivity contribution >= 4 is 0 Å². The lowest BCUT2D eigenvalue weighted by Gasteiger charge is -2.24. The van der Waals surface area contributed by atoms with Crippen LogP contribution in [0.5, 0.6) is 0 Å². The molecule has 3 unspecified atom stereocenters. The highest BCUT2D eigenvalue weighted by Gasteiger charge is 2.30. The second kappa shape index (κ2) is 4.78. The third-order valence-corrected chi connectivity index (χ3v) is 3.45. The summed E-state index contributed by atoms with van der Waals surface area (Å²) < 4.78 is 11.0. The van der Waals surface area contributed by atoms with Crippen molar-refractivity contribution in [3.8, 4) is 0 Å². The van der Waals surface area contributed by atoms with E-state index in [0.29, 0.717) is 12.5 Å². The molecule has 0 aromatic heterocycles. The number of nitrogens with two attached hydrogens (primary N) is 1. The summed E-state index contributed by atoms with van der Waals surface area (Å²) in [6.45, 7) is 6.46. The second-order valence-electron chi connectivity index (χ2n) is 4.99. The van der Waals surface area contributed by atoms with E-state index in [4.69, 9.17) is 15.2 Å². The summed E-state index contributed by atoms with van der Waals surface area (Å²) >= 11 is 0. The van der Waals surface area contributed by atoms with Crippen LogP contribution < -0.4 is 11.1 Å². The fraction of sp³-hybridized carbons (Fsp3) is 1.00. The Hall–Kier alpha value is -0.160. The Labute approximate surface area is 91.5 Å². The number of rotatable bonds is 4. The molecular formula is C11H22N2O2. The van der Waals surface area contributed by atoms with Gasteiger partial charge in [-0.1, -0.05) is 0 Å². The molecule has 2 aliphatic heterocycles. The third kappa shape index (κ3) is 2.91. The summed E-state index contributed by atoms with van der Waals surface area (Å²) in [5.41, 5.74) is 5.96. The fourth-order valence-electron chi connectivity index (χ4n) is 2.32. The van der Waals surface area contributed by atoms with E-state index in [-0.39, 0.29) is 11.6 Å². The van der Waals surface area contributed by atoms with Crippen LogP contribution in [0.1, 0.15) is 19.8 Å². The van der Waals surface area contributed by atoms with Gasteiger partial charge in [-0.2, -0.15) is 0 Å². The van der Waals surface area contributed by atoms with Gasteiger partial charge in [0.25, 0.3) is 0 Å². The molecular weight excluding hydrogens is 192 g/mol. The SMILES string of the molecule is CC1(CNCC2COCC2N)CCCO1. The van der Waals surface area contributed by atoms with Gasteiger partial charge in [-0.25, -0.2) is 0 Å². The van der Waals surface area contributed by atoms with E-state index in [1.807, 2.05) is 0 Å². The van der Waals surface area contributed by atoms with E-state index in [0.717, 1.165) is 32.7 Å². The van der Waals surface area contributed by atoms with Crippen LogP contribution in [0, 0.1) is 5.92 Å². The summed E-state index contributed by atoms with van der Waals surface area (Å²) in [5.74, 6) is 0.468. The molecule has 0 aromatic rings. The highest BCUT2D eigenvalue weighted by molar-refractivity contribution is 4.85. The van der Waals surface area contributed by atoms with Gasteiger partial charge >= 0.3 is 0 Å². The fourth-order valence-corrected chi connectivity index (χ4v) is 2.32. The van der Waals surface area contributed by atoms with Gasteiger partial charge in [-0.15, -0.1) is 0 Å². The van der Waals surface area contributed by atoms with Crippen LogP contribution in [0.25, 0.3) is 0 Å². The van der Waals surface area contributed by atoms with Crippen molar-refractivity contribution in [1.29, 1.82) is 0 Å². The highest BCUT2D eigenvalue weighted by Crippen LogP contribution is 2.24. The maximum atomic E-state index is 5.91. The number of hydrogen-bond donors (Lipinski definition) is 2. The zero-order chi connectivity index (χ0) is 10.7. The molecule has 0 spiro atoms. The Bertz CT molecular complexity index is 205. The molecule has 0 aromatic carbocycles. The predicted molar refractivity (Wildman–Crippen MR) is 58.7 cm³/mol. The molecule has 0 bridgehead atoms. The molecule has 0 amide bonds. The zero-order valence-electron chi connectivity index (χ0n) is 9.50. The first-order valence-corrected chi connectivity index (χ1v) is 5.88. The van der Waals surface area contributed by atoms with E-state index >= 15 is 0 Å². The quantitative estimate of drug-likeness (QED) is 0.698. The minimum absolute atomic E-state index is 0.0452. The first-order chi connectivity index (χ1) is 7.20. The van der Waals surface area contributed by atoms with E-state index < -0.39 is 0 Å².